The Morgan fingerprint density at radius 2 is 1.80 bits per heavy atom. The summed E-state index contributed by atoms with van der Waals surface area (Å²) in [6, 6.07) is 11.7. The van der Waals surface area contributed by atoms with Crippen LogP contribution in [-0.4, -0.2) is 11.8 Å². The largest absolute Gasteiger partial charge is 0.398 e. The number of nitrogen functional groups attached to an aromatic ring is 1. The van der Waals surface area contributed by atoms with Crippen molar-refractivity contribution in [1.82, 2.24) is 0 Å². The number of anilines is 2. The van der Waals surface area contributed by atoms with Gasteiger partial charge in [0.2, 0.25) is 5.91 Å². The lowest BCUT2D eigenvalue weighted by atomic mass is 10.1. The van der Waals surface area contributed by atoms with Crippen LogP contribution in [0, 0.1) is 6.92 Å². The molecule has 2 rings (SSSR count). The highest BCUT2D eigenvalue weighted by molar-refractivity contribution is 6.09. The Labute approximate surface area is 116 Å². The van der Waals surface area contributed by atoms with E-state index in [2.05, 4.69) is 5.32 Å². The Balaban J connectivity index is 2.28. The number of hydrogen-bond acceptors (Lipinski definition) is 3. The lowest BCUT2D eigenvalue weighted by Crippen LogP contribution is -2.16. The van der Waals surface area contributed by atoms with E-state index in [0.29, 0.717) is 22.5 Å². The first-order chi connectivity index (χ1) is 9.49. The van der Waals surface area contributed by atoms with Gasteiger partial charge in [-0.15, -0.1) is 0 Å². The van der Waals surface area contributed by atoms with E-state index in [-0.39, 0.29) is 5.91 Å². The Morgan fingerprint density at radius 3 is 2.45 bits per heavy atom. The number of hydrogen-bond donors (Lipinski definition) is 3. The molecule has 102 valence electrons. The summed E-state index contributed by atoms with van der Waals surface area (Å²) in [6.45, 7) is 1.81. The number of benzene rings is 2. The molecule has 5 heteroatoms. The molecule has 0 aliphatic heterocycles. The Hall–Kier alpha value is -2.82. The summed E-state index contributed by atoms with van der Waals surface area (Å²) in [5, 5.41) is 2.71. The minimum Gasteiger partial charge on any atom is -0.398 e. The van der Waals surface area contributed by atoms with Crippen LogP contribution in [0.5, 0.6) is 0 Å². The average molecular weight is 269 g/mol. The van der Waals surface area contributed by atoms with Gasteiger partial charge in [-0.1, -0.05) is 18.2 Å². The van der Waals surface area contributed by atoms with Crippen molar-refractivity contribution < 1.29 is 9.59 Å². The van der Waals surface area contributed by atoms with E-state index in [0.717, 1.165) is 5.56 Å². The standard InChI is InChI=1S/C15H15N3O2/c1-9-4-2-7-12(16)13(9)15(20)18-11-6-3-5-10(8-11)14(17)19/h2-8H,16H2,1H3,(H2,17,19)(H,18,20). The van der Waals surface area contributed by atoms with Crippen LogP contribution in [0.25, 0.3) is 0 Å². The lowest BCUT2D eigenvalue weighted by molar-refractivity contribution is 0.0996. The fourth-order valence-corrected chi connectivity index (χ4v) is 1.94. The maximum absolute atomic E-state index is 12.2. The van der Waals surface area contributed by atoms with Crippen LogP contribution in [0.2, 0.25) is 0 Å². The van der Waals surface area contributed by atoms with E-state index in [4.69, 9.17) is 11.5 Å². The van der Waals surface area contributed by atoms with Crippen molar-refractivity contribution in [1.29, 1.82) is 0 Å². The minimum atomic E-state index is -0.545. The van der Waals surface area contributed by atoms with Crippen molar-refractivity contribution >= 4 is 23.2 Å². The van der Waals surface area contributed by atoms with Gasteiger partial charge in [0.1, 0.15) is 0 Å². The summed E-state index contributed by atoms with van der Waals surface area (Å²) < 4.78 is 0. The maximum Gasteiger partial charge on any atom is 0.258 e. The van der Waals surface area contributed by atoms with Gasteiger partial charge in [-0.25, -0.2) is 0 Å². The predicted molar refractivity (Wildman–Crippen MR) is 78.5 cm³/mol. The zero-order valence-electron chi connectivity index (χ0n) is 11.0. The van der Waals surface area contributed by atoms with Gasteiger partial charge in [0.05, 0.1) is 5.56 Å². The fourth-order valence-electron chi connectivity index (χ4n) is 1.94. The third kappa shape index (κ3) is 2.77. The van der Waals surface area contributed by atoms with Crippen LogP contribution in [0.4, 0.5) is 11.4 Å². The highest BCUT2D eigenvalue weighted by Gasteiger charge is 2.13. The number of carbonyl (C=O) groups excluding carboxylic acids is 2. The number of aryl methyl sites for hydroxylation is 1. The van der Waals surface area contributed by atoms with E-state index in [1.54, 1.807) is 30.3 Å². The van der Waals surface area contributed by atoms with Gasteiger partial charge in [0.25, 0.3) is 5.91 Å². The molecule has 0 bridgehead atoms. The van der Waals surface area contributed by atoms with Gasteiger partial charge in [0, 0.05) is 16.9 Å². The Bertz CT molecular complexity index is 660. The summed E-state index contributed by atoms with van der Waals surface area (Å²) in [5.41, 5.74) is 13.5. The maximum atomic E-state index is 12.2. The number of nitrogens with two attached hydrogens (primary N) is 2. The van der Waals surface area contributed by atoms with Crippen molar-refractivity contribution in [3.63, 3.8) is 0 Å². The molecule has 2 aromatic rings. The number of carbonyl (C=O) groups is 2. The first-order valence-electron chi connectivity index (χ1n) is 6.05. The van der Waals surface area contributed by atoms with Gasteiger partial charge in [-0.05, 0) is 36.8 Å². The van der Waals surface area contributed by atoms with Gasteiger partial charge < -0.3 is 16.8 Å². The van der Waals surface area contributed by atoms with Crippen LogP contribution in [0.1, 0.15) is 26.3 Å². The first-order valence-corrected chi connectivity index (χ1v) is 6.05. The van der Waals surface area contributed by atoms with Crippen LogP contribution in [0.15, 0.2) is 42.5 Å². The third-order valence-electron chi connectivity index (χ3n) is 2.94. The molecule has 0 atom stereocenters. The van der Waals surface area contributed by atoms with Gasteiger partial charge in [-0.2, -0.15) is 0 Å². The molecule has 0 aromatic heterocycles. The second kappa shape index (κ2) is 5.44. The molecule has 2 amide bonds. The molecule has 5 nitrogen and oxygen atoms in total. The number of rotatable bonds is 3. The van der Waals surface area contributed by atoms with Gasteiger partial charge in [0.15, 0.2) is 0 Å². The topological polar surface area (TPSA) is 98.2 Å². The zero-order chi connectivity index (χ0) is 14.7. The smallest absolute Gasteiger partial charge is 0.258 e. The average Bonchev–Trinajstić information content (AvgIpc) is 2.38. The minimum absolute atomic E-state index is 0.317. The third-order valence-corrected chi connectivity index (χ3v) is 2.94. The number of amides is 2. The summed E-state index contributed by atoms with van der Waals surface area (Å²) in [6.07, 6.45) is 0. The number of nitrogens with one attached hydrogen (secondary N) is 1. The molecule has 5 N–H and O–H groups in total. The molecule has 20 heavy (non-hydrogen) atoms. The summed E-state index contributed by atoms with van der Waals surface area (Å²) in [7, 11) is 0. The Kier molecular flexibility index (Phi) is 3.70. The molecule has 0 unspecified atom stereocenters. The van der Waals surface area contributed by atoms with E-state index in [9.17, 15) is 9.59 Å². The van der Waals surface area contributed by atoms with Crippen molar-refractivity contribution in [2.24, 2.45) is 5.73 Å². The first kappa shape index (κ1) is 13.6. The van der Waals surface area contributed by atoms with Crippen molar-refractivity contribution in [3.05, 3.63) is 59.2 Å². The molecule has 0 saturated heterocycles. The second-order valence-corrected chi connectivity index (χ2v) is 4.44. The van der Waals surface area contributed by atoms with Crippen molar-refractivity contribution in [2.45, 2.75) is 6.92 Å². The van der Waals surface area contributed by atoms with Crippen LogP contribution < -0.4 is 16.8 Å². The quantitative estimate of drug-likeness (QED) is 0.742. The molecule has 0 aliphatic rings. The summed E-state index contributed by atoms with van der Waals surface area (Å²) in [4.78, 5) is 23.3. The molecule has 0 saturated carbocycles. The molecule has 0 radical (unpaired) electrons. The van der Waals surface area contributed by atoms with Crippen LogP contribution >= 0.6 is 0 Å². The summed E-state index contributed by atoms with van der Waals surface area (Å²) >= 11 is 0. The molecule has 0 aliphatic carbocycles. The van der Waals surface area contributed by atoms with Gasteiger partial charge in [-0.3, -0.25) is 9.59 Å². The Morgan fingerprint density at radius 1 is 1.10 bits per heavy atom. The number of primary amides is 1. The van der Waals surface area contributed by atoms with Crippen molar-refractivity contribution in [3.8, 4) is 0 Å². The molecular weight excluding hydrogens is 254 g/mol. The zero-order valence-corrected chi connectivity index (χ0v) is 11.0. The highest BCUT2D eigenvalue weighted by atomic mass is 16.2. The highest BCUT2D eigenvalue weighted by Crippen LogP contribution is 2.19. The van der Waals surface area contributed by atoms with E-state index in [1.807, 2.05) is 13.0 Å². The normalized spacial score (nSPS) is 10.1. The second-order valence-electron chi connectivity index (χ2n) is 4.44. The molecular formula is C15H15N3O2. The molecule has 0 spiro atoms. The SMILES string of the molecule is Cc1cccc(N)c1C(=O)Nc1cccc(C(N)=O)c1. The molecule has 2 aromatic carbocycles. The monoisotopic (exact) mass is 269 g/mol. The lowest BCUT2D eigenvalue weighted by Gasteiger charge is -2.10. The van der Waals surface area contributed by atoms with E-state index < -0.39 is 5.91 Å². The van der Waals surface area contributed by atoms with Crippen LogP contribution in [0.3, 0.4) is 0 Å². The molecule has 0 heterocycles. The molecule has 0 fully saturated rings. The summed E-state index contributed by atoms with van der Waals surface area (Å²) in [5.74, 6) is -0.862. The van der Waals surface area contributed by atoms with E-state index in [1.165, 1.54) is 6.07 Å². The van der Waals surface area contributed by atoms with Crippen LogP contribution in [-0.2, 0) is 0 Å². The van der Waals surface area contributed by atoms with Crippen molar-refractivity contribution in [2.75, 3.05) is 11.1 Å². The fraction of sp³-hybridized carbons (Fsp3) is 0.0667. The van der Waals surface area contributed by atoms with E-state index >= 15 is 0 Å². The predicted octanol–water partition coefficient (Wildman–Crippen LogP) is 1.93. The van der Waals surface area contributed by atoms with Gasteiger partial charge >= 0.3 is 0 Å².